The summed E-state index contributed by atoms with van der Waals surface area (Å²) in [4.78, 5) is 0. The lowest BCUT2D eigenvalue weighted by Crippen LogP contribution is -2.35. The highest BCUT2D eigenvalue weighted by Crippen LogP contribution is 2.48. The molecule has 3 aliphatic carbocycles. The van der Waals surface area contributed by atoms with E-state index in [2.05, 4.69) is 25.2 Å². The van der Waals surface area contributed by atoms with E-state index in [1.165, 1.54) is 31.3 Å². The van der Waals surface area contributed by atoms with E-state index in [0.717, 1.165) is 24.9 Å². The molecule has 2 saturated carbocycles. The van der Waals surface area contributed by atoms with Gasteiger partial charge in [-0.25, -0.2) is 0 Å². The topological polar surface area (TPSA) is 9.23 Å². The van der Waals surface area contributed by atoms with E-state index in [9.17, 15) is 0 Å². The molecular weight excluding hydrogens is 184 g/mol. The Morgan fingerprint density at radius 3 is 2.73 bits per heavy atom. The second-order valence-electron chi connectivity index (χ2n) is 5.53. The molecule has 0 saturated heterocycles. The standard InChI is InChI=1S/C14H20O/c1-11-3-2-8-14(9-11,13-6-7-13)15-10-12-4-5-12/h2-3,8,12-13H,4-7,9-10H2,1H3. The van der Waals surface area contributed by atoms with Crippen LogP contribution in [0, 0.1) is 11.8 Å². The Morgan fingerprint density at radius 2 is 2.13 bits per heavy atom. The van der Waals surface area contributed by atoms with Crippen LogP contribution in [0.2, 0.25) is 0 Å². The molecule has 1 nitrogen and oxygen atoms in total. The van der Waals surface area contributed by atoms with Crippen LogP contribution in [-0.4, -0.2) is 12.2 Å². The zero-order valence-corrected chi connectivity index (χ0v) is 9.54. The van der Waals surface area contributed by atoms with Crippen LogP contribution in [0.3, 0.4) is 0 Å². The van der Waals surface area contributed by atoms with E-state index in [1.54, 1.807) is 0 Å². The highest BCUT2D eigenvalue weighted by Gasteiger charge is 2.45. The van der Waals surface area contributed by atoms with Crippen LogP contribution in [0.25, 0.3) is 0 Å². The van der Waals surface area contributed by atoms with Crippen molar-refractivity contribution in [2.24, 2.45) is 11.8 Å². The molecule has 15 heavy (non-hydrogen) atoms. The predicted octanol–water partition coefficient (Wildman–Crippen LogP) is 3.47. The second kappa shape index (κ2) is 3.48. The van der Waals surface area contributed by atoms with Crippen molar-refractivity contribution < 1.29 is 4.74 Å². The molecule has 1 heteroatoms. The number of hydrogen-bond donors (Lipinski definition) is 0. The molecule has 3 rings (SSSR count). The van der Waals surface area contributed by atoms with Crippen LogP contribution >= 0.6 is 0 Å². The lowest BCUT2D eigenvalue weighted by atomic mass is 9.86. The third-order valence-electron chi connectivity index (χ3n) is 3.87. The van der Waals surface area contributed by atoms with Gasteiger partial charge in [-0.15, -0.1) is 0 Å². The number of allylic oxidation sites excluding steroid dienone is 2. The SMILES string of the molecule is CC1=CC=CC(OCC2CC2)(C2CC2)C1. The summed E-state index contributed by atoms with van der Waals surface area (Å²) in [6.07, 6.45) is 13.4. The fraction of sp³-hybridized carbons (Fsp3) is 0.714. The van der Waals surface area contributed by atoms with Crippen LogP contribution in [0.1, 0.15) is 39.0 Å². The van der Waals surface area contributed by atoms with Crippen molar-refractivity contribution in [3.05, 3.63) is 23.8 Å². The molecule has 1 atom stereocenters. The van der Waals surface area contributed by atoms with Gasteiger partial charge in [0.05, 0.1) is 12.2 Å². The van der Waals surface area contributed by atoms with Crippen LogP contribution in [0.4, 0.5) is 0 Å². The van der Waals surface area contributed by atoms with Gasteiger partial charge in [0.2, 0.25) is 0 Å². The average molecular weight is 204 g/mol. The lowest BCUT2D eigenvalue weighted by Gasteiger charge is -2.33. The Bertz CT molecular complexity index is 307. The average Bonchev–Trinajstić information content (AvgIpc) is 3.06. The summed E-state index contributed by atoms with van der Waals surface area (Å²) in [7, 11) is 0. The number of rotatable bonds is 4. The summed E-state index contributed by atoms with van der Waals surface area (Å²) >= 11 is 0. The van der Waals surface area contributed by atoms with Crippen LogP contribution < -0.4 is 0 Å². The summed E-state index contributed by atoms with van der Waals surface area (Å²) in [6, 6.07) is 0. The maximum atomic E-state index is 6.26. The first-order valence-corrected chi connectivity index (χ1v) is 6.27. The van der Waals surface area contributed by atoms with E-state index in [-0.39, 0.29) is 5.60 Å². The molecule has 0 N–H and O–H groups in total. The smallest absolute Gasteiger partial charge is 0.0930 e. The van der Waals surface area contributed by atoms with Gasteiger partial charge < -0.3 is 4.74 Å². The van der Waals surface area contributed by atoms with Crippen molar-refractivity contribution in [2.45, 2.75) is 44.6 Å². The van der Waals surface area contributed by atoms with E-state index in [1.807, 2.05) is 0 Å². The fourth-order valence-corrected chi connectivity index (χ4v) is 2.56. The zero-order valence-electron chi connectivity index (χ0n) is 9.54. The molecule has 0 heterocycles. The summed E-state index contributed by atoms with van der Waals surface area (Å²) in [6.45, 7) is 3.22. The fourth-order valence-electron chi connectivity index (χ4n) is 2.56. The van der Waals surface area contributed by atoms with Crippen molar-refractivity contribution in [1.29, 1.82) is 0 Å². The Hall–Kier alpha value is -0.560. The largest absolute Gasteiger partial charge is 0.370 e. The normalized spacial score (nSPS) is 35.4. The third kappa shape index (κ3) is 2.03. The van der Waals surface area contributed by atoms with Crippen LogP contribution in [0.5, 0.6) is 0 Å². The van der Waals surface area contributed by atoms with Gasteiger partial charge in [-0.3, -0.25) is 0 Å². The Kier molecular flexibility index (Phi) is 2.24. The molecule has 0 aromatic carbocycles. The summed E-state index contributed by atoms with van der Waals surface area (Å²) in [5.41, 5.74) is 1.56. The van der Waals surface area contributed by atoms with Gasteiger partial charge in [-0.1, -0.05) is 23.8 Å². The van der Waals surface area contributed by atoms with Gasteiger partial charge in [0.25, 0.3) is 0 Å². The second-order valence-corrected chi connectivity index (χ2v) is 5.53. The lowest BCUT2D eigenvalue weighted by molar-refractivity contribution is -0.0309. The number of hydrogen-bond acceptors (Lipinski definition) is 1. The molecule has 2 fully saturated rings. The van der Waals surface area contributed by atoms with Crippen molar-refractivity contribution in [3.8, 4) is 0 Å². The maximum absolute atomic E-state index is 6.26. The van der Waals surface area contributed by atoms with Crippen molar-refractivity contribution in [1.82, 2.24) is 0 Å². The van der Waals surface area contributed by atoms with Crippen molar-refractivity contribution in [3.63, 3.8) is 0 Å². The molecule has 82 valence electrons. The van der Waals surface area contributed by atoms with Gasteiger partial charge in [-0.05, 0) is 44.4 Å². The first kappa shape index (κ1) is 9.65. The highest BCUT2D eigenvalue weighted by atomic mass is 16.5. The molecule has 0 spiro atoms. The molecule has 0 aromatic heterocycles. The molecule has 0 aromatic rings. The van der Waals surface area contributed by atoms with Gasteiger partial charge >= 0.3 is 0 Å². The summed E-state index contributed by atoms with van der Waals surface area (Å²) < 4.78 is 6.26. The molecule has 0 radical (unpaired) electrons. The van der Waals surface area contributed by atoms with Crippen molar-refractivity contribution >= 4 is 0 Å². The first-order valence-electron chi connectivity index (χ1n) is 6.27. The highest BCUT2D eigenvalue weighted by molar-refractivity contribution is 5.27. The van der Waals surface area contributed by atoms with E-state index in [4.69, 9.17) is 4.74 Å². The molecule has 3 aliphatic rings. The van der Waals surface area contributed by atoms with Crippen molar-refractivity contribution in [2.75, 3.05) is 6.61 Å². The molecular formula is C14H20O. The van der Waals surface area contributed by atoms with Gasteiger partial charge in [0, 0.05) is 6.42 Å². The van der Waals surface area contributed by atoms with E-state index in [0.29, 0.717) is 0 Å². The first-order chi connectivity index (χ1) is 7.28. The Balaban J connectivity index is 1.70. The van der Waals surface area contributed by atoms with Gasteiger partial charge in [0.1, 0.15) is 0 Å². The number of ether oxygens (including phenoxy) is 1. The monoisotopic (exact) mass is 204 g/mol. The minimum absolute atomic E-state index is 0.0847. The summed E-state index contributed by atoms with van der Waals surface area (Å²) in [5.74, 6) is 1.68. The molecule has 0 bridgehead atoms. The Morgan fingerprint density at radius 1 is 1.33 bits per heavy atom. The molecule has 1 unspecified atom stereocenters. The van der Waals surface area contributed by atoms with Gasteiger partial charge in [0.15, 0.2) is 0 Å². The quantitative estimate of drug-likeness (QED) is 0.681. The third-order valence-corrected chi connectivity index (χ3v) is 3.87. The van der Waals surface area contributed by atoms with E-state index < -0.39 is 0 Å². The summed E-state index contributed by atoms with van der Waals surface area (Å²) in [5, 5.41) is 0. The van der Waals surface area contributed by atoms with Gasteiger partial charge in [-0.2, -0.15) is 0 Å². The van der Waals surface area contributed by atoms with Crippen LogP contribution in [-0.2, 0) is 4.74 Å². The Labute approximate surface area is 92.2 Å². The minimum Gasteiger partial charge on any atom is -0.370 e. The predicted molar refractivity (Wildman–Crippen MR) is 61.6 cm³/mol. The van der Waals surface area contributed by atoms with E-state index >= 15 is 0 Å². The zero-order chi connectivity index (χ0) is 10.3. The minimum atomic E-state index is 0.0847. The molecule has 0 amide bonds. The molecule has 0 aliphatic heterocycles. The van der Waals surface area contributed by atoms with Crippen LogP contribution in [0.15, 0.2) is 23.8 Å². The maximum Gasteiger partial charge on any atom is 0.0930 e.